The normalized spacial score (nSPS) is 11.0. The number of hydrogen-bond donors (Lipinski definition) is 1. The van der Waals surface area contributed by atoms with E-state index in [0.29, 0.717) is 11.4 Å². The molecule has 1 heterocycles. The number of thioether (sulfide) groups is 1. The highest BCUT2D eigenvalue weighted by Gasteiger charge is 2.10. The topological polar surface area (TPSA) is 53.1 Å². The number of imidazole rings is 1. The van der Waals surface area contributed by atoms with Crippen molar-refractivity contribution in [1.82, 2.24) is 9.55 Å². The Kier molecular flexibility index (Phi) is 3.47. The van der Waals surface area contributed by atoms with Crippen LogP contribution in [0.15, 0.2) is 12.1 Å². The second-order valence-corrected chi connectivity index (χ2v) is 4.90. The molecule has 0 fully saturated rings. The van der Waals surface area contributed by atoms with E-state index >= 15 is 0 Å². The van der Waals surface area contributed by atoms with Gasteiger partial charge >= 0.3 is 0 Å². The van der Waals surface area contributed by atoms with Crippen LogP contribution in [-0.4, -0.2) is 28.7 Å². The van der Waals surface area contributed by atoms with Crippen LogP contribution in [0, 0.1) is 0 Å². The van der Waals surface area contributed by atoms with Gasteiger partial charge in [-0.2, -0.15) is 11.8 Å². The standard InChI is InChI=1S/C12H17N3OS/c1-15-10-6-8(13)11(16-2)7-9(10)14-12(15)4-5-17-3/h6-7H,4-5,13H2,1-3H3. The van der Waals surface area contributed by atoms with E-state index in [4.69, 9.17) is 10.5 Å². The van der Waals surface area contributed by atoms with Crippen molar-refractivity contribution in [2.24, 2.45) is 7.05 Å². The number of methoxy groups -OCH3 is 1. The maximum Gasteiger partial charge on any atom is 0.144 e. The van der Waals surface area contributed by atoms with Gasteiger partial charge in [-0.25, -0.2) is 4.98 Å². The van der Waals surface area contributed by atoms with Crippen molar-refractivity contribution in [1.29, 1.82) is 0 Å². The molecule has 1 aromatic heterocycles. The second-order valence-electron chi connectivity index (χ2n) is 3.91. The van der Waals surface area contributed by atoms with Gasteiger partial charge in [0.2, 0.25) is 0 Å². The summed E-state index contributed by atoms with van der Waals surface area (Å²) < 4.78 is 7.30. The number of nitrogens with two attached hydrogens (primary N) is 1. The fourth-order valence-corrected chi connectivity index (χ4v) is 2.27. The summed E-state index contributed by atoms with van der Waals surface area (Å²) >= 11 is 1.82. The quantitative estimate of drug-likeness (QED) is 0.845. The monoisotopic (exact) mass is 251 g/mol. The Morgan fingerprint density at radius 2 is 2.24 bits per heavy atom. The lowest BCUT2D eigenvalue weighted by Gasteiger charge is -2.04. The second kappa shape index (κ2) is 4.87. The summed E-state index contributed by atoms with van der Waals surface area (Å²) in [7, 11) is 3.64. The van der Waals surface area contributed by atoms with Crippen LogP contribution in [0.1, 0.15) is 5.82 Å². The Balaban J connectivity index is 2.49. The summed E-state index contributed by atoms with van der Waals surface area (Å²) in [6.07, 6.45) is 3.07. The van der Waals surface area contributed by atoms with Gasteiger partial charge in [-0.15, -0.1) is 0 Å². The molecule has 0 spiro atoms. The van der Waals surface area contributed by atoms with E-state index in [-0.39, 0.29) is 0 Å². The SMILES string of the molecule is COc1cc2nc(CCSC)n(C)c2cc1N. The average molecular weight is 251 g/mol. The van der Waals surface area contributed by atoms with Crippen LogP contribution in [0.2, 0.25) is 0 Å². The summed E-state index contributed by atoms with van der Waals surface area (Å²) in [6.45, 7) is 0. The fourth-order valence-electron chi connectivity index (χ4n) is 1.88. The van der Waals surface area contributed by atoms with Gasteiger partial charge in [0.15, 0.2) is 0 Å². The lowest BCUT2D eigenvalue weighted by Crippen LogP contribution is -1.99. The van der Waals surface area contributed by atoms with E-state index < -0.39 is 0 Å². The summed E-state index contributed by atoms with van der Waals surface area (Å²) in [4.78, 5) is 4.61. The zero-order valence-electron chi connectivity index (χ0n) is 10.4. The van der Waals surface area contributed by atoms with E-state index in [9.17, 15) is 0 Å². The number of benzene rings is 1. The van der Waals surface area contributed by atoms with Gasteiger partial charge in [0, 0.05) is 25.3 Å². The molecule has 0 aliphatic carbocycles. The van der Waals surface area contributed by atoms with E-state index in [2.05, 4.69) is 15.8 Å². The zero-order valence-corrected chi connectivity index (χ0v) is 11.2. The Bertz CT molecular complexity index is 536. The Labute approximate surface area is 105 Å². The highest BCUT2D eigenvalue weighted by Crippen LogP contribution is 2.28. The van der Waals surface area contributed by atoms with Crippen LogP contribution in [0.5, 0.6) is 5.75 Å². The molecule has 0 saturated heterocycles. The van der Waals surface area contributed by atoms with Crippen LogP contribution >= 0.6 is 11.8 Å². The summed E-state index contributed by atoms with van der Waals surface area (Å²) in [6, 6.07) is 3.82. The molecule has 5 heteroatoms. The van der Waals surface area contributed by atoms with Gasteiger partial charge in [0.25, 0.3) is 0 Å². The minimum Gasteiger partial charge on any atom is -0.495 e. The number of aromatic nitrogens is 2. The average Bonchev–Trinajstić information content (AvgIpc) is 2.63. The van der Waals surface area contributed by atoms with Gasteiger partial charge in [-0.05, 0) is 12.3 Å². The van der Waals surface area contributed by atoms with E-state index in [1.165, 1.54) is 0 Å². The number of aryl methyl sites for hydroxylation is 2. The Morgan fingerprint density at radius 3 is 2.88 bits per heavy atom. The van der Waals surface area contributed by atoms with Crippen LogP contribution < -0.4 is 10.5 Å². The lowest BCUT2D eigenvalue weighted by molar-refractivity contribution is 0.417. The Morgan fingerprint density at radius 1 is 1.47 bits per heavy atom. The van der Waals surface area contributed by atoms with Crippen LogP contribution in [0.4, 0.5) is 5.69 Å². The molecule has 0 saturated carbocycles. The largest absolute Gasteiger partial charge is 0.495 e. The summed E-state index contributed by atoms with van der Waals surface area (Å²) in [5, 5.41) is 0. The van der Waals surface area contributed by atoms with Crippen LogP contribution in [0.3, 0.4) is 0 Å². The number of nitrogens with zero attached hydrogens (tertiary/aromatic N) is 2. The summed E-state index contributed by atoms with van der Waals surface area (Å²) in [5.74, 6) is 2.85. The summed E-state index contributed by atoms with van der Waals surface area (Å²) in [5.41, 5.74) is 8.55. The van der Waals surface area contributed by atoms with Crippen LogP contribution in [0.25, 0.3) is 11.0 Å². The molecule has 1 aromatic carbocycles. The van der Waals surface area contributed by atoms with E-state index in [1.807, 2.05) is 30.9 Å². The predicted octanol–water partition coefficient (Wildman–Crippen LogP) is 2.07. The highest BCUT2D eigenvalue weighted by molar-refractivity contribution is 7.98. The first-order valence-corrected chi connectivity index (χ1v) is 6.84. The van der Waals surface area contributed by atoms with Gasteiger partial charge < -0.3 is 15.0 Å². The molecular weight excluding hydrogens is 234 g/mol. The third kappa shape index (κ3) is 2.20. The number of hydrogen-bond acceptors (Lipinski definition) is 4. The molecule has 0 radical (unpaired) electrons. The molecule has 0 aliphatic rings. The molecule has 0 bridgehead atoms. The smallest absolute Gasteiger partial charge is 0.144 e. The maximum absolute atomic E-state index is 5.91. The first-order chi connectivity index (χ1) is 8.17. The molecule has 0 amide bonds. The molecule has 0 aliphatic heterocycles. The van der Waals surface area contributed by atoms with Gasteiger partial charge in [0.1, 0.15) is 11.6 Å². The molecule has 0 atom stereocenters. The van der Waals surface area contributed by atoms with Crippen molar-refractivity contribution in [3.63, 3.8) is 0 Å². The van der Waals surface area contributed by atoms with Crippen molar-refractivity contribution < 1.29 is 4.74 Å². The highest BCUT2D eigenvalue weighted by atomic mass is 32.2. The number of nitrogen functional groups attached to an aromatic ring is 1. The van der Waals surface area contributed by atoms with Gasteiger partial charge in [-0.3, -0.25) is 0 Å². The minimum absolute atomic E-state index is 0.652. The first-order valence-electron chi connectivity index (χ1n) is 5.45. The number of anilines is 1. The van der Waals surface area contributed by atoms with E-state index in [1.54, 1.807) is 7.11 Å². The predicted molar refractivity (Wildman–Crippen MR) is 73.8 cm³/mol. The molecule has 2 aromatic rings. The number of fused-ring (bicyclic) bond motifs is 1. The number of rotatable bonds is 4. The minimum atomic E-state index is 0.652. The van der Waals surface area contributed by atoms with Gasteiger partial charge in [-0.1, -0.05) is 0 Å². The Hall–Kier alpha value is -1.36. The van der Waals surface area contributed by atoms with Crippen molar-refractivity contribution in [3.05, 3.63) is 18.0 Å². The molecule has 92 valence electrons. The third-order valence-electron chi connectivity index (χ3n) is 2.85. The fraction of sp³-hybridized carbons (Fsp3) is 0.417. The van der Waals surface area contributed by atoms with Crippen molar-refractivity contribution >= 4 is 28.5 Å². The maximum atomic E-state index is 5.91. The molecule has 2 rings (SSSR count). The van der Waals surface area contributed by atoms with Crippen molar-refractivity contribution in [3.8, 4) is 5.75 Å². The van der Waals surface area contributed by atoms with Crippen LogP contribution in [-0.2, 0) is 13.5 Å². The van der Waals surface area contributed by atoms with Gasteiger partial charge in [0.05, 0.1) is 23.8 Å². The third-order valence-corrected chi connectivity index (χ3v) is 3.47. The van der Waals surface area contributed by atoms with Crippen molar-refractivity contribution in [2.75, 3.05) is 24.9 Å². The lowest BCUT2D eigenvalue weighted by atomic mass is 10.2. The number of ether oxygens (including phenoxy) is 1. The zero-order chi connectivity index (χ0) is 12.4. The van der Waals surface area contributed by atoms with E-state index in [0.717, 1.165) is 29.0 Å². The molecule has 4 nitrogen and oxygen atoms in total. The molecular formula is C12H17N3OS. The molecule has 17 heavy (non-hydrogen) atoms. The molecule has 2 N–H and O–H groups in total. The first kappa shape index (κ1) is 12.1. The van der Waals surface area contributed by atoms with Crippen molar-refractivity contribution in [2.45, 2.75) is 6.42 Å². The molecule has 0 unspecified atom stereocenters.